The van der Waals surface area contributed by atoms with Gasteiger partial charge in [-0.15, -0.1) is 0 Å². The second-order valence-electron chi connectivity index (χ2n) is 9.39. The summed E-state index contributed by atoms with van der Waals surface area (Å²) in [7, 11) is 0. The van der Waals surface area contributed by atoms with Gasteiger partial charge in [-0.25, -0.2) is 0 Å². The van der Waals surface area contributed by atoms with Crippen LogP contribution in [0.3, 0.4) is 0 Å². The lowest BCUT2D eigenvalue weighted by atomic mass is 9.73. The summed E-state index contributed by atoms with van der Waals surface area (Å²) in [6, 6.07) is 26.6. The summed E-state index contributed by atoms with van der Waals surface area (Å²) in [5.41, 5.74) is 3.24. The Kier molecular flexibility index (Phi) is 7.40. The van der Waals surface area contributed by atoms with Gasteiger partial charge in [0.25, 0.3) is 0 Å². The molecule has 178 valence electrons. The molecule has 35 heavy (non-hydrogen) atoms. The number of aromatic nitrogens is 1. The van der Waals surface area contributed by atoms with Crippen molar-refractivity contribution in [3.05, 3.63) is 95.6 Å². The van der Waals surface area contributed by atoms with Crippen LogP contribution >= 0.6 is 23.4 Å². The van der Waals surface area contributed by atoms with E-state index in [4.69, 9.17) is 11.6 Å². The Hall–Kier alpha value is -2.82. The molecular formula is C30H29ClN2OS. The maximum atomic E-state index is 12.9. The van der Waals surface area contributed by atoms with Gasteiger partial charge in [0, 0.05) is 38.0 Å². The summed E-state index contributed by atoms with van der Waals surface area (Å²) < 4.78 is 0. The Morgan fingerprint density at radius 2 is 1.69 bits per heavy atom. The number of rotatable bonds is 6. The van der Waals surface area contributed by atoms with Crippen molar-refractivity contribution >= 4 is 45.9 Å². The molecule has 1 heterocycles. The third-order valence-corrected chi connectivity index (χ3v) is 8.42. The molecular weight excluding hydrogens is 472 g/mol. The zero-order valence-corrected chi connectivity index (χ0v) is 21.4. The van der Waals surface area contributed by atoms with Crippen LogP contribution in [0.1, 0.15) is 44.1 Å². The predicted octanol–water partition coefficient (Wildman–Crippen LogP) is 8.59. The van der Waals surface area contributed by atoms with Gasteiger partial charge < -0.3 is 5.32 Å². The Labute approximate surface area is 216 Å². The highest BCUT2D eigenvalue weighted by atomic mass is 35.5. The first-order valence-electron chi connectivity index (χ1n) is 12.2. The summed E-state index contributed by atoms with van der Waals surface area (Å²) in [6.07, 6.45) is 6.25. The van der Waals surface area contributed by atoms with E-state index in [2.05, 4.69) is 65.8 Å². The topological polar surface area (TPSA) is 42.0 Å². The van der Waals surface area contributed by atoms with Crippen LogP contribution in [0.4, 0.5) is 5.69 Å². The fourth-order valence-corrected chi connectivity index (χ4v) is 6.13. The number of carbonyl (C=O) groups is 1. The lowest BCUT2D eigenvalue weighted by Gasteiger charge is -2.32. The first-order chi connectivity index (χ1) is 17.1. The van der Waals surface area contributed by atoms with E-state index in [0.717, 1.165) is 36.9 Å². The van der Waals surface area contributed by atoms with Crippen molar-refractivity contribution in [2.24, 2.45) is 11.8 Å². The molecule has 1 aromatic heterocycles. The first kappa shape index (κ1) is 23.9. The third kappa shape index (κ3) is 5.71. The fraction of sp³-hybridized carbons (Fsp3) is 0.267. The molecule has 0 aliphatic heterocycles. The van der Waals surface area contributed by atoms with Crippen LogP contribution in [0.25, 0.3) is 10.9 Å². The average molecular weight is 501 g/mol. The molecule has 0 spiro atoms. The predicted molar refractivity (Wildman–Crippen MR) is 146 cm³/mol. The smallest absolute Gasteiger partial charge is 0.227 e. The number of hydrogen-bond acceptors (Lipinski definition) is 3. The Bertz CT molecular complexity index is 1300. The number of amides is 1. The van der Waals surface area contributed by atoms with Crippen molar-refractivity contribution in [2.75, 3.05) is 5.32 Å². The van der Waals surface area contributed by atoms with E-state index in [1.165, 1.54) is 20.7 Å². The minimum Gasteiger partial charge on any atom is -0.326 e. The number of pyridine rings is 1. The Balaban J connectivity index is 1.26. The molecule has 1 fully saturated rings. The van der Waals surface area contributed by atoms with Gasteiger partial charge in [-0.05, 0) is 104 Å². The average Bonchev–Trinajstić information content (AvgIpc) is 2.90. The summed E-state index contributed by atoms with van der Waals surface area (Å²) in [5.74, 6) is 0.971. The summed E-state index contributed by atoms with van der Waals surface area (Å²) >= 11 is 7.75. The minimum absolute atomic E-state index is 0.0188. The van der Waals surface area contributed by atoms with Gasteiger partial charge in [0.1, 0.15) is 0 Å². The normalized spacial score (nSPS) is 18.8. The molecule has 4 aromatic rings. The number of nitrogens with zero attached hydrogens (tertiary/aromatic N) is 1. The van der Waals surface area contributed by atoms with Gasteiger partial charge in [-0.3, -0.25) is 9.78 Å². The number of nitrogens with one attached hydrogen (secondary N) is 1. The highest BCUT2D eigenvalue weighted by Gasteiger charge is 2.30. The van der Waals surface area contributed by atoms with E-state index >= 15 is 0 Å². The zero-order chi connectivity index (χ0) is 24.2. The molecule has 3 nitrogen and oxygen atoms in total. The van der Waals surface area contributed by atoms with E-state index in [1.807, 2.05) is 24.4 Å². The van der Waals surface area contributed by atoms with E-state index in [0.29, 0.717) is 16.9 Å². The first-order valence-corrected chi connectivity index (χ1v) is 13.4. The van der Waals surface area contributed by atoms with Crippen molar-refractivity contribution < 1.29 is 4.79 Å². The van der Waals surface area contributed by atoms with Crippen LogP contribution in [-0.4, -0.2) is 10.9 Å². The van der Waals surface area contributed by atoms with Gasteiger partial charge >= 0.3 is 0 Å². The number of benzene rings is 3. The summed E-state index contributed by atoms with van der Waals surface area (Å²) in [4.78, 5) is 20.0. The van der Waals surface area contributed by atoms with Crippen LogP contribution in [0.15, 0.2) is 94.9 Å². The standard InChI is InChI=1S/C30H29ClN2OS/c1-20(30(34)33-24-13-11-23(31)12-14-24)21-7-9-22(10-8-21)27-17-18-32-29-16-15-26(19-28(27)29)35-25-5-3-2-4-6-25/h2-6,11-22H,7-10H2,1H3,(H,33,34)/t20-,21-,22+/m1/s1. The van der Waals surface area contributed by atoms with Crippen LogP contribution < -0.4 is 5.32 Å². The van der Waals surface area contributed by atoms with Crippen LogP contribution in [0.2, 0.25) is 5.02 Å². The highest BCUT2D eigenvalue weighted by molar-refractivity contribution is 7.99. The molecule has 0 bridgehead atoms. The van der Waals surface area contributed by atoms with E-state index in [9.17, 15) is 4.79 Å². The Morgan fingerprint density at radius 1 is 0.943 bits per heavy atom. The second-order valence-corrected chi connectivity index (χ2v) is 11.0. The maximum absolute atomic E-state index is 12.9. The molecule has 1 aliphatic carbocycles. The zero-order valence-electron chi connectivity index (χ0n) is 19.8. The quantitative estimate of drug-likeness (QED) is 0.288. The molecule has 0 unspecified atom stereocenters. The largest absolute Gasteiger partial charge is 0.326 e. The molecule has 0 radical (unpaired) electrons. The van der Waals surface area contributed by atoms with Crippen molar-refractivity contribution in [1.82, 2.24) is 4.98 Å². The van der Waals surface area contributed by atoms with Crippen molar-refractivity contribution in [2.45, 2.75) is 48.3 Å². The highest BCUT2D eigenvalue weighted by Crippen LogP contribution is 2.41. The Morgan fingerprint density at radius 3 is 2.43 bits per heavy atom. The molecule has 1 N–H and O–H groups in total. The molecule has 5 heteroatoms. The van der Waals surface area contributed by atoms with E-state index in [-0.39, 0.29) is 11.8 Å². The second kappa shape index (κ2) is 10.8. The molecule has 1 saturated carbocycles. The van der Waals surface area contributed by atoms with Crippen LogP contribution in [0, 0.1) is 11.8 Å². The molecule has 1 atom stereocenters. The van der Waals surface area contributed by atoms with Crippen molar-refractivity contribution in [3.8, 4) is 0 Å². The maximum Gasteiger partial charge on any atom is 0.227 e. The number of halogens is 1. The lowest BCUT2D eigenvalue weighted by molar-refractivity contribution is -0.121. The summed E-state index contributed by atoms with van der Waals surface area (Å²) in [5, 5.41) is 4.98. The number of carbonyl (C=O) groups excluding carboxylic acids is 1. The van der Waals surface area contributed by atoms with Gasteiger partial charge in [0.05, 0.1) is 5.52 Å². The van der Waals surface area contributed by atoms with Crippen LogP contribution in [0.5, 0.6) is 0 Å². The van der Waals surface area contributed by atoms with Crippen molar-refractivity contribution in [3.63, 3.8) is 0 Å². The summed E-state index contributed by atoms with van der Waals surface area (Å²) in [6.45, 7) is 2.06. The van der Waals surface area contributed by atoms with Gasteiger partial charge in [-0.1, -0.05) is 48.5 Å². The monoisotopic (exact) mass is 500 g/mol. The number of hydrogen-bond donors (Lipinski definition) is 1. The van der Waals surface area contributed by atoms with Crippen LogP contribution in [-0.2, 0) is 4.79 Å². The molecule has 0 saturated heterocycles. The third-order valence-electron chi connectivity index (χ3n) is 7.17. The molecule has 3 aromatic carbocycles. The number of fused-ring (bicyclic) bond motifs is 1. The van der Waals surface area contributed by atoms with Crippen molar-refractivity contribution in [1.29, 1.82) is 0 Å². The van der Waals surface area contributed by atoms with E-state index in [1.54, 1.807) is 23.9 Å². The van der Waals surface area contributed by atoms with E-state index < -0.39 is 0 Å². The number of anilines is 1. The van der Waals surface area contributed by atoms with Gasteiger partial charge in [0.2, 0.25) is 5.91 Å². The van der Waals surface area contributed by atoms with Gasteiger partial charge in [-0.2, -0.15) is 0 Å². The fourth-order valence-electron chi connectivity index (χ4n) is 5.12. The SMILES string of the molecule is C[C@@H](C(=O)Nc1ccc(Cl)cc1)[C@H]1CC[C@@H](c2ccnc3ccc(Sc4ccccc4)cc32)CC1. The minimum atomic E-state index is -0.0188. The molecule has 1 amide bonds. The van der Waals surface area contributed by atoms with Gasteiger partial charge in [0.15, 0.2) is 0 Å². The molecule has 1 aliphatic rings. The lowest BCUT2D eigenvalue weighted by Crippen LogP contribution is -2.29. The molecule has 5 rings (SSSR count).